The van der Waals surface area contributed by atoms with Gasteiger partial charge in [-0.1, -0.05) is 24.3 Å². The average molecular weight is 602 g/mol. The Morgan fingerprint density at radius 1 is 1.08 bits per heavy atom. The molecule has 1 aromatic carbocycles. The number of hydrogen-bond acceptors (Lipinski definition) is 10. The fourth-order valence-electron chi connectivity index (χ4n) is 5.75. The number of anilines is 1. The van der Waals surface area contributed by atoms with Crippen LogP contribution >= 0.6 is 26.8 Å². The molecule has 5 atom stereocenters. The number of rotatable bonds is 7. The van der Waals surface area contributed by atoms with E-state index in [1.807, 2.05) is 12.1 Å². The number of ether oxygens (including phenoxy) is 1. The van der Waals surface area contributed by atoms with Crippen molar-refractivity contribution in [1.29, 1.82) is 0 Å². The van der Waals surface area contributed by atoms with E-state index in [2.05, 4.69) is 32.0 Å². The van der Waals surface area contributed by atoms with E-state index in [1.165, 1.54) is 22.0 Å². The molecule has 6 rings (SSSR count). The Bertz CT molecular complexity index is 1500. The summed E-state index contributed by atoms with van der Waals surface area (Å²) < 4.78 is 34.9. The Morgan fingerprint density at radius 3 is 2.38 bits per heavy atom. The maximum atomic E-state index is 12.0. The number of aliphatic hydroxyl groups is 2. The van der Waals surface area contributed by atoms with Gasteiger partial charge in [-0.2, -0.15) is 9.97 Å². The van der Waals surface area contributed by atoms with Crippen LogP contribution in [0.4, 0.5) is 5.82 Å². The van der Waals surface area contributed by atoms with Gasteiger partial charge in [0, 0.05) is 18.5 Å². The molecule has 210 valence electrons. The van der Waals surface area contributed by atoms with Crippen molar-refractivity contribution in [3.05, 3.63) is 47.0 Å². The van der Waals surface area contributed by atoms with Crippen molar-refractivity contribution in [1.82, 2.24) is 19.5 Å². The summed E-state index contributed by atoms with van der Waals surface area (Å²) in [5.41, 5.74) is 3.51. The van der Waals surface area contributed by atoms with Crippen LogP contribution in [0.25, 0.3) is 11.2 Å². The highest BCUT2D eigenvalue weighted by Gasteiger charge is 2.49. The number of aliphatic hydroxyl groups excluding tert-OH is 2. The van der Waals surface area contributed by atoms with Gasteiger partial charge in [0.1, 0.15) is 18.3 Å². The zero-order valence-corrected chi connectivity index (χ0v) is 22.9. The van der Waals surface area contributed by atoms with E-state index in [1.54, 1.807) is 0 Å². The molecule has 39 heavy (non-hydrogen) atoms. The van der Waals surface area contributed by atoms with Crippen molar-refractivity contribution >= 4 is 43.8 Å². The Hall–Kier alpha value is -1.96. The highest BCUT2D eigenvalue weighted by molar-refractivity contribution is 7.70. The van der Waals surface area contributed by atoms with Crippen molar-refractivity contribution in [2.24, 2.45) is 5.41 Å². The first-order chi connectivity index (χ1) is 18.3. The molecule has 2 saturated heterocycles. The van der Waals surface area contributed by atoms with Crippen LogP contribution in [0.15, 0.2) is 30.6 Å². The summed E-state index contributed by atoms with van der Waals surface area (Å²) in [6.07, 6.45) is -2.20. The number of nitrogens with zero attached hydrogens (tertiary/aromatic N) is 5. The predicted molar refractivity (Wildman–Crippen MR) is 137 cm³/mol. The van der Waals surface area contributed by atoms with Gasteiger partial charge in [-0.3, -0.25) is 13.7 Å². The lowest BCUT2D eigenvalue weighted by Crippen LogP contribution is -2.57. The maximum absolute atomic E-state index is 12.0. The molecule has 0 amide bonds. The molecule has 2 unspecified atom stereocenters. The first-order valence-electron chi connectivity index (χ1n) is 12.1. The second-order valence-electron chi connectivity index (χ2n) is 10.4. The molecule has 1 aliphatic carbocycles. The minimum absolute atomic E-state index is 0.0403. The molecule has 17 heteroatoms. The molecule has 1 spiro atoms. The van der Waals surface area contributed by atoms with Crippen molar-refractivity contribution < 1.29 is 43.3 Å². The second-order valence-corrected chi connectivity index (χ2v) is 14.7. The van der Waals surface area contributed by atoms with Gasteiger partial charge in [0.05, 0.1) is 12.9 Å². The summed E-state index contributed by atoms with van der Waals surface area (Å²) in [6, 6.07) is 8.41. The van der Waals surface area contributed by atoms with E-state index in [4.69, 9.17) is 30.6 Å². The lowest BCUT2D eigenvalue weighted by molar-refractivity contribution is -0.0483. The molecule has 0 saturated carbocycles. The third-order valence-corrected chi connectivity index (χ3v) is 11.0. The monoisotopic (exact) mass is 601 g/mol. The second kappa shape index (κ2) is 9.56. The van der Waals surface area contributed by atoms with Crippen LogP contribution in [-0.2, 0) is 31.2 Å². The number of imidazole rings is 1. The summed E-state index contributed by atoms with van der Waals surface area (Å²) in [7, 11) is -9.51. The highest BCUT2D eigenvalue weighted by Crippen LogP contribution is 2.55. The van der Waals surface area contributed by atoms with Crippen LogP contribution in [-0.4, -0.2) is 88.3 Å². The summed E-state index contributed by atoms with van der Waals surface area (Å²) in [6.45, 7) is 0.815. The lowest BCUT2D eigenvalue weighted by Gasteiger charge is -2.49. The first-order valence-corrected chi connectivity index (χ1v) is 16.0. The van der Waals surface area contributed by atoms with Gasteiger partial charge in [0.15, 0.2) is 29.1 Å². The zero-order chi connectivity index (χ0) is 27.7. The number of benzene rings is 1. The standard InChI is InChI=1S/C22H26ClN5O9P2/c23-21-25-18(27-8-22(9-27)5-12-3-1-2-4-13(12)6-22)15-19(26-21)28(10-24-15)20-17(30)16(29)14(37-20)7-36-39(34,35)11-38(31,32)33/h1-4,10,14,16-17,20,29-30H,5-9,11H2,(H,34,35)(H2,31,32,33)/t14-,16?,17+,20-/m1/s1. The maximum Gasteiger partial charge on any atom is 0.340 e. The third kappa shape index (κ3) is 5.15. The van der Waals surface area contributed by atoms with E-state index >= 15 is 0 Å². The van der Waals surface area contributed by atoms with E-state index in [0.717, 1.165) is 25.9 Å². The predicted octanol–water partition coefficient (Wildman–Crippen LogP) is 1.04. The minimum Gasteiger partial charge on any atom is -0.387 e. The smallest absolute Gasteiger partial charge is 0.340 e. The molecular weight excluding hydrogens is 576 g/mol. The van der Waals surface area contributed by atoms with Crippen molar-refractivity contribution in [2.45, 2.75) is 37.4 Å². The number of aromatic nitrogens is 4. The summed E-state index contributed by atoms with van der Waals surface area (Å²) in [4.78, 5) is 42.8. The quantitative estimate of drug-likeness (QED) is 0.190. The summed E-state index contributed by atoms with van der Waals surface area (Å²) in [5.74, 6) is -0.847. The number of hydrogen-bond donors (Lipinski definition) is 5. The van der Waals surface area contributed by atoms with Crippen LogP contribution in [0.5, 0.6) is 0 Å². The molecule has 2 fully saturated rings. The molecule has 3 aromatic rings. The molecule has 2 aliphatic heterocycles. The Labute approximate surface area is 226 Å². The van der Waals surface area contributed by atoms with Crippen molar-refractivity contribution in [3.8, 4) is 0 Å². The van der Waals surface area contributed by atoms with Crippen molar-refractivity contribution in [3.63, 3.8) is 0 Å². The third-order valence-electron chi connectivity index (χ3n) is 7.39. The van der Waals surface area contributed by atoms with Gasteiger partial charge in [-0.25, -0.2) is 4.98 Å². The fraction of sp³-hybridized carbons (Fsp3) is 0.500. The first kappa shape index (κ1) is 27.2. The number of halogens is 1. The Morgan fingerprint density at radius 2 is 1.74 bits per heavy atom. The minimum atomic E-state index is -4.83. The Kier molecular flexibility index (Phi) is 6.67. The summed E-state index contributed by atoms with van der Waals surface area (Å²) in [5, 5.41) is 21.1. The van der Waals surface area contributed by atoms with Gasteiger partial charge in [-0.15, -0.1) is 0 Å². The van der Waals surface area contributed by atoms with Crippen LogP contribution < -0.4 is 4.90 Å². The average Bonchev–Trinajstić information content (AvgIpc) is 3.49. The van der Waals surface area contributed by atoms with E-state index < -0.39 is 52.2 Å². The van der Waals surface area contributed by atoms with Gasteiger partial charge in [-0.05, 0) is 35.6 Å². The zero-order valence-electron chi connectivity index (χ0n) is 20.3. The van der Waals surface area contributed by atoms with E-state index in [0.29, 0.717) is 11.3 Å². The van der Waals surface area contributed by atoms with Gasteiger partial charge in [0.2, 0.25) is 5.28 Å². The molecule has 0 radical (unpaired) electrons. The molecule has 0 bridgehead atoms. The van der Waals surface area contributed by atoms with E-state index in [-0.39, 0.29) is 16.3 Å². The molecule has 14 nitrogen and oxygen atoms in total. The van der Waals surface area contributed by atoms with Crippen molar-refractivity contribution in [2.75, 3.05) is 30.5 Å². The van der Waals surface area contributed by atoms with Gasteiger partial charge < -0.3 is 39.1 Å². The largest absolute Gasteiger partial charge is 0.387 e. The molecule has 3 aliphatic rings. The summed E-state index contributed by atoms with van der Waals surface area (Å²) >= 11 is 6.27. The van der Waals surface area contributed by atoms with Gasteiger partial charge in [0.25, 0.3) is 0 Å². The topological polar surface area (TPSA) is 201 Å². The highest BCUT2D eigenvalue weighted by atomic mass is 35.5. The lowest BCUT2D eigenvalue weighted by atomic mass is 9.77. The normalized spacial score (nSPS) is 27.6. The molecule has 5 N–H and O–H groups in total. The Balaban J connectivity index is 1.20. The van der Waals surface area contributed by atoms with Crippen LogP contribution in [0, 0.1) is 5.41 Å². The van der Waals surface area contributed by atoms with Crippen LogP contribution in [0.3, 0.4) is 0 Å². The number of fused-ring (bicyclic) bond motifs is 2. The van der Waals surface area contributed by atoms with Crippen LogP contribution in [0.1, 0.15) is 17.4 Å². The van der Waals surface area contributed by atoms with Crippen LogP contribution in [0.2, 0.25) is 5.28 Å². The fourth-order valence-corrected chi connectivity index (χ4v) is 8.48. The molecule has 4 heterocycles. The van der Waals surface area contributed by atoms with Gasteiger partial charge >= 0.3 is 15.2 Å². The molecule has 2 aromatic heterocycles. The molecular formula is C22H26ClN5O9P2. The SMILES string of the molecule is O=P(O)(O)CP(=O)(O)OC[C@H]1O[C@@H](n2cnc3c(N4CC5(Cc6ccccc6C5)C4)nc(Cl)nc32)[C@@H](O)C1O. The van der Waals surface area contributed by atoms with E-state index in [9.17, 15) is 24.2 Å².